The van der Waals surface area contributed by atoms with Gasteiger partial charge in [0.05, 0.1) is 38.3 Å². The zero-order valence-corrected chi connectivity index (χ0v) is 23.3. The van der Waals surface area contributed by atoms with E-state index < -0.39 is 0 Å². The molecule has 0 radical (unpaired) electrons. The van der Waals surface area contributed by atoms with Crippen LogP contribution in [0.2, 0.25) is 0 Å². The quantitative estimate of drug-likeness (QED) is 0.261. The van der Waals surface area contributed by atoms with Gasteiger partial charge in [-0.2, -0.15) is 0 Å². The summed E-state index contributed by atoms with van der Waals surface area (Å²) in [6.07, 6.45) is 3.03. The van der Waals surface area contributed by atoms with E-state index in [1.807, 2.05) is 38.2 Å². The van der Waals surface area contributed by atoms with Crippen LogP contribution in [0.15, 0.2) is 55.3 Å². The molecule has 0 atom stereocenters. The summed E-state index contributed by atoms with van der Waals surface area (Å²) in [5, 5.41) is 2.89. The number of hydrogen-bond acceptors (Lipinski definition) is 9. The fourth-order valence-electron chi connectivity index (χ4n) is 3.92. The second kappa shape index (κ2) is 13.4. The average Bonchev–Trinajstić information content (AvgIpc) is 2.95. The van der Waals surface area contributed by atoms with Crippen LogP contribution in [0.3, 0.4) is 0 Å². The molecule has 1 amide bonds. The Balaban J connectivity index is 1.97. The molecule has 1 heterocycles. The number of nitrogens with one attached hydrogen (secondary N) is 1. The highest BCUT2D eigenvalue weighted by atomic mass is 16.5. The number of nitrogens with zero attached hydrogens (tertiary/aromatic N) is 4. The maximum absolute atomic E-state index is 13.3. The second-order valence-electron chi connectivity index (χ2n) is 9.03. The van der Waals surface area contributed by atoms with Crippen LogP contribution < -0.4 is 24.4 Å². The van der Waals surface area contributed by atoms with Crippen LogP contribution in [-0.4, -0.2) is 82.1 Å². The second-order valence-corrected chi connectivity index (χ2v) is 9.03. The van der Waals surface area contributed by atoms with Gasteiger partial charge in [0.25, 0.3) is 0 Å². The molecule has 39 heavy (non-hydrogen) atoms. The van der Waals surface area contributed by atoms with E-state index in [-0.39, 0.29) is 23.8 Å². The summed E-state index contributed by atoms with van der Waals surface area (Å²) >= 11 is 0. The van der Waals surface area contributed by atoms with Crippen LogP contribution in [0, 0.1) is 0 Å². The smallest absolute Gasteiger partial charge is 0.247 e. The molecule has 1 aromatic heterocycles. The molecular weight excluding hydrogens is 498 g/mol. The molecule has 0 aliphatic rings. The van der Waals surface area contributed by atoms with E-state index in [0.29, 0.717) is 34.3 Å². The lowest BCUT2D eigenvalue weighted by molar-refractivity contribution is -0.111. The Bertz CT molecular complexity index is 1340. The summed E-state index contributed by atoms with van der Waals surface area (Å²) in [5.74, 6) is 1.36. The van der Waals surface area contributed by atoms with Crippen molar-refractivity contribution >= 4 is 23.1 Å². The first-order chi connectivity index (χ1) is 18.7. The van der Waals surface area contributed by atoms with Crippen molar-refractivity contribution in [1.82, 2.24) is 14.9 Å². The lowest BCUT2D eigenvalue weighted by atomic mass is 10.1. The number of benzene rings is 2. The monoisotopic (exact) mass is 533 g/mol. The van der Waals surface area contributed by atoms with Gasteiger partial charge in [0.1, 0.15) is 28.8 Å². The molecule has 0 bridgehead atoms. The van der Waals surface area contributed by atoms with E-state index in [1.54, 1.807) is 44.7 Å². The normalized spacial score (nSPS) is 10.6. The van der Waals surface area contributed by atoms with Crippen molar-refractivity contribution in [3.8, 4) is 17.2 Å². The number of amides is 1. The topological polar surface area (TPSA) is 106 Å². The van der Waals surface area contributed by atoms with Gasteiger partial charge in [-0.15, -0.1) is 0 Å². The summed E-state index contributed by atoms with van der Waals surface area (Å²) in [6, 6.07) is 10.3. The van der Waals surface area contributed by atoms with Crippen molar-refractivity contribution in [2.75, 3.05) is 65.8 Å². The van der Waals surface area contributed by atoms with E-state index in [0.717, 1.165) is 24.3 Å². The Hall–Kier alpha value is -4.44. The molecule has 10 heteroatoms. The van der Waals surface area contributed by atoms with Crippen LogP contribution in [0.4, 0.5) is 11.4 Å². The van der Waals surface area contributed by atoms with Gasteiger partial charge in [0.15, 0.2) is 0 Å². The van der Waals surface area contributed by atoms with Gasteiger partial charge in [-0.3, -0.25) is 9.59 Å². The van der Waals surface area contributed by atoms with E-state index in [1.165, 1.54) is 13.2 Å². The number of hydrogen-bond donors (Lipinski definition) is 1. The first kappa shape index (κ1) is 29.1. The third-order valence-electron chi connectivity index (χ3n) is 6.08. The van der Waals surface area contributed by atoms with E-state index in [2.05, 4.69) is 26.8 Å². The molecule has 10 nitrogen and oxygen atoms in total. The summed E-state index contributed by atoms with van der Waals surface area (Å²) in [5.41, 5.74) is 2.73. The Kier molecular flexibility index (Phi) is 9.99. The summed E-state index contributed by atoms with van der Waals surface area (Å²) in [4.78, 5) is 38.5. The number of methoxy groups -OCH3 is 3. The molecule has 1 N–H and O–H groups in total. The standard InChI is InChI=1S/C29H35N5O5/c1-8-28(35)32-23-15-19(25(38-6)18-24(23)34(4)14-13-33(2)3)16-27-30-12-11-22(31-27)29(36)21-10-9-20(37-5)17-26(21)39-7/h8-12,15,17-18H,1,13-14,16H2,2-7H3,(H,32,35). The molecular formula is C29H35N5O5. The molecule has 0 saturated heterocycles. The van der Waals surface area contributed by atoms with Crippen molar-refractivity contribution in [1.29, 1.82) is 0 Å². The molecule has 0 saturated carbocycles. The molecule has 2 aromatic carbocycles. The first-order valence-electron chi connectivity index (χ1n) is 12.3. The van der Waals surface area contributed by atoms with Crippen LogP contribution >= 0.6 is 0 Å². The summed E-state index contributed by atoms with van der Waals surface area (Å²) < 4.78 is 16.3. The number of carbonyl (C=O) groups excluding carboxylic acids is 2. The number of carbonyl (C=O) groups is 2. The molecule has 0 unspecified atom stereocenters. The Morgan fingerprint density at radius 2 is 1.72 bits per heavy atom. The van der Waals surface area contributed by atoms with Crippen LogP contribution in [0.5, 0.6) is 17.2 Å². The maximum atomic E-state index is 13.3. The predicted molar refractivity (Wildman–Crippen MR) is 151 cm³/mol. The average molecular weight is 534 g/mol. The predicted octanol–water partition coefficient (Wildman–Crippen LogP) is 3.45. The minimum absolute atomic E-state index is 0.225. The fraction of sp³-hybridized carbons (Fsp3) is 0.310. The lowest BCUT2D eigenvalue weighted by Gasteiger charge is -2.25. The zero-order chi connectivity index (χ0) is 28.5. The number of aromatic nitrogens is 2. The van der Waals surface area contributed by atoms with E-state index in [4.69, 9.17) is 14.2 Å². The van der Waals surface area contributed by atoms with Crippen molar-refractivity contribution in [3.05, 3.63) is 77.9 Å². The Morgan fingerprint density at radius 1 is 0.974 bits per heavy atom. The minimum atomic E-state index is -0.328. The number of ether oxygens (including phenoxy) is 3. The van der Waals surface area contributed by atoms with Crippen molar-refractivity contribution in [2.24, 2.45) is 0 Å². The molecule has 0 aliphatic carbocycles. The minimum Gasteiger partial charge on any atom is -0.497 e. The molecule has 206 valence electrons. The van der Waals surface area contributed by atoms with Gasteiger partial charge >= 0.3 is 0 Å². The highest BCUT2D eigenvalue weighted by molar-refractivity contribution is 6.09. The maximum Gasteiger partial charge on any atom is 0.247 e. The largest absolute Gasteiger partial charge is 0.497 e. The van der Waals surface area contributed by atoms with Crippen LogP contribution in [-0.2, 0) is 11.2 Å². The highest BCUT2D eigenvalue weighted by Gasteiger charge is 2.20. The van der Waals surface area contributed by atoms with E-state index >= 15 is 0 Å². The van der Waals surface area contributed by atoms with Crippen LogP contribution in [0.25, 0.3) is 0 Å². The van der Waals surface area contributed by atoms with Crippen molar-refractivity contribution < 1.29 is 23.8 Å². The van der Waals surface area contributed by atoms with E-state index in [9.17, 15) is 9.59 Å². The molecule has 0 aliphatic heterocycles. The van der Waals surface area contributed by atoms with Crippen molar-refractivity contribution in [2.45, 2.75) is 6.42 Å². The number of anilines is 2. The molecule has 3 aromatic rings. The van der Waals surface area contributed by atoms with Gasteiger partial charge in [-0.1, -0.05) is 6.58 Å². The molecule has 3 rings (SSSR count). The molecule has 0 fully saturated rings. The van der Waals surface area contributed by atoms with Crippen molar-refractivity contribution in [3.63, 3.8) is 0 Å². The van der Waals surface area contributed by atoms with Gasteiger partial charge in [-0.05, 0) is 44.4 Å². The lowest BCUT2D eigenvalue weighted by Crippen LogP contribution is -2.29. The number of ketones is 1. The number of rotatable bonds is 13. The van der Waals surface area contributed by atoms with Crippen LogP contribution in [0.1, 0.15) is 27.4 Å². The van der Waals surface area contributed by atoms with Gasteiger partial charge in [0.2, 0.25) is 11.7 Å². The Labute approximate surface area is 229 Å². The zero-order valence-electron chi connectivity index (χ0n) is 23.3. The number of likely N-dealkylation sites (N-methyl/N-ethyl adjacent to an activating group) is 2. The third kappa shape index (κ3) is 7.32. The van der Waals surface area contributed by atoms with Gasteiger partial charge in [-0.25, -0.2) is 9.97 Å². The Morgan fingerprint density at radius 3 is 2.36 bits per heavy atom. The van der Waals surface area contributed by atoms with Gasteiger partial charge in [0, 0.05) is 50.5 Å². The molecule has 0 spiro atoms. The third-order valence-corrected chi connectivity index (χ3v) is 6.08. The van der Waals surface area contributed by atoms with Gasteiger partial charge < -0.3 is 29.3 Å². The fourth-order valence-corrected chi connectivity index (χ4v) is 3.92. The first-order valence-corrected chi connectivity index (χ1v) is 12.3. The SMILES string of the molecule is C=CC(=O)Nc1cc(Cc2nccc(C(=O)c3ccc(OC)cc3OC)n2)c(OC)cc1N(C)CCN(C)C. The summed E-state index contributed by atoms with van der Waals surface area (Å²) in [7, 11) is 10.6. The highest BCUT2D eigenvalue weighted by Crippen LogP contribution is 2.34. The summed E-state index contributed by atoms with van der Waals surface area (Å²) in [6.45, 7) is 5.12.